The summed E-state index contributed by atoms with van der Waals surface area (Å²) in [5.74, 6) is -0.624. The summed E-state index contributed by atoms with van der Waals surface area (Å²) >= 11 is 0. The molecule has 0 amide bonds. The molecule has 10 atom stereocenters. The minimum absolute atomic E-state index is 0.00537. The Hall–Kier alpha value is -1.64. The van der Waals surface area contributed by atoms with E-state index in [1.165, 1.54) is 6.92 Å². The van der Waals surface area contributed by atoms with Gasteiger partial charge in [0.1, 0.15) is 17.1 Å². The van der Waals surface area contributed by atoms with Gasteiger partial charge in [-0.2, -0.15) is 0 Å². The van der Waals surface area contributed by atoms with Gasteiger partial charge in [-0.25, -0.2) is 0 Å². The van der Waals surface area contributed by atoms with E-state index in [-0.39, 0.29) is 53.6 Å². The number of carbonyl (C=O) groups is 2. The van der Waals surface area contributed by atoms with Crippen molar-refractivity contribution in [2.45, 2.75) is 96.3 Å². The van der Waals surface area contributed by atoms with E-state index in [0.29, 0.717) is 13.0 Å². The fraction of sp³-hybridized carbons (Fsp3) is 0.840. The van der Waals surface area contributed by atoms with Crippen LogP contribution in [0.3, 0.4) is 0 Å². The average molecular weight is 463 g/mol. The van der Waals surface area contributed by atoms with Gasteiger partial charge in [0.15, 0.2) is 0 Å². The van der Waals surface area contributed by atoms with Crippen molar-refractivity contribution >= 4 is 11.9 Å². The first kappa shape index (κ1) is 21.9. The molecular formula is C25H34O8. The summed E-state index contributed by atoms with van der Waals surface area (Å²) in [5.41, 5.74) is -1.49. The highest BCUT2D eigenvalue weighted by Gasteiger charge is 2.82. The second-order valence-electron chi connectivity index (χ2n) is 11.4. The van der Waals surface area contributed by atoms with Crippen LogP contribution in [0.2, 0.25) is 0 Å². The number of ether oxygens (including phenoxy) is 6. The standard InChI is InChI=1S/C25H34O8/c1-13(2)20(27)33-22-25-17(10-16(31-22)11-24(25)12-29-24)23(4,7-5-18(25)30-14(3)26)19-9-15-6-8-28-21(15)32-19/h6,8,13,15-19,21-22H,5,7,9-12H2,1-4H3/t15-,16-,17-,18+,19+,21+,22-,23+,24+,25+/m1/s1. The number of hydrogen-bond donors (Lipinski definition) is 0. The maximum Gasteiger partial charge on any atom is 0.310 e. The Morgan fingerprint density at radius 1 is 1.15 bits per heavy atom. The number of epoxide rings is 1. The minimum atomic E-state index is -0.812. The van der Waals surface area contributed by atoms with Crippen molar-refractivity contribution in [1.82, 2.24) is 0 Å². The lowest BCUT2D eigenvalue weighted by atomic mass is 9.42. The van der Waals surface area contributed by atoms with Gasteiger partial charge in [0, 0.05) is 19.3 Å². The van der Waals surface area contributed by atoms with Crippen molar-refractivity contribution < 1.29 is 38.0 Å². The summed E-state index contributed by atoms with van der Waals surface area (Å²) in [6.07, 6.45) is 6.17. The molecule has 0 aromatic heterocycles. The average Bonchev–Trinajstić information content (AvgIpc) is 3.17. The van der Waals surface area contributed by atoms with Crippen LogP contribution in [0.4, 0.5) is 0 Å². The molecule has 2 saturated carbocycles. The van der Waals surface area contributed by atoms with Crippen molar-refractivity contribution in [2.24, 2.45) is 28.6 Å². The molecule has 0 radical (unpaired) electrons. The van der Waals surface area contributed by atoms with Crippen LogP contribution in [-0.2, 0) is 38.0 Å². The number of hydrogen-bond acceptors (Lipinski definition) is 8. The molecule has 4 saturated heterocycles. The maximum atomic E-state index is 12.8. The smallest absolute Gasteiger partial charge is 0.310 e. The van der Waals surface area contributed by atoms with Crippen LogP contribution in [-0.4, -0.2) is 55.0 Å². The Morgan fingerprint density at radius 3 is 2.61 bits per heavy atom. The second kappa shape index (κ2) is 7.18. The van der Waals surface area contributed by atoms with Gasteiger partial charge in [0.25, 0.3) is 0 Å². The van der Waals surface area contributed by atoms with Crippen LogP contribution in [0.1, 0.15) is 59.8 Å². The highest BCUT2D eigenvalue weighted by atomic mass is 16.7. The number of fused-ring (bicyclic) bond motifs is 2. The molecule has 0 aromatic rings. The molecule has 182 valence electrons. The molecule has 0 aromatic carbocycles. The van der Waals surface area contributed by atoms with E-state index in [1.54, 1.807) is 6.26 Å². The zero-order valence-electron chi connectivity index (χ0n) is 19.8. The Morgan fingerprint density at radius 2 is 1.94 bits per heavy atom. The molecule has 2 bridgehead atoms. The largest absolute Gasteiger partial charge is 0.472 e. The molecule has 5 heterocycles. The topological polar surface area (TPSA) is 92.8 Å². The van der Waals surface area contributed by atoms with Gasteiger partial charge < -0.3 is 28.4 Å². The fourth-order valence-corrected chi connectivity index (χ4v) is 7.70. The highest BCUT2D eigenvalue weighted by molar-refractivity contribution is 5.71. The van der Waals surface area contributed by atoms with Gasteiger partial charge in [-0.1, -0.05) is 20.8 Å². The molecule has 7 aliphatic rings. The molecule has 8 heteroatoms. The summed E-state index contributed by atoms with van der Waals surface area (Å²) in [4.78, 5) is 25.0. The summed E-state index contributed by atoms with van der Waals surface area (Å²) < 4.78 is 36.8. The van der Waals surface area contributed by atoms with E-state index >= 15 is 0 Å². The second-order valence-corrected chi connectivity index (χ2v) is 11.4. The van der Waals surface area contributed by atoms with Crippen LogP contribution in [0, 0.1) is 28.6 Å². The molecule has 33 heavy (non-hydrogen) atoms. The molecule has 2 spiro atoms. The van der Waals surface area contributed by atoms with Crippen molar-refractivity contribution in [3.05, 3.63) is 12.3 Å². The Kier molecular flexibility index (Phi) is 4.76. The third-order valence-electron chi connectivity index (χ3n) is 9.31. The van der Waals surface area contributed by atoms with Gasteiger partial charge in [0.2, 0.25) is 12.6 Å². The summed E-state index contributed by atoms with van der Waals surface area (Å²) in [7, 11) is 0. The lowest BCUT2D eigenvalue weighted by Crippen LogP contribution is -2.75. The fourth-order valence-electron chi connectivity index (χ4n) is 7.70. The van der Waals surface area contributed by atoms with E-state index in [0.717, 1.165) is 25.7 Å². The SMILES string of the molecule is CC(=O)O[C@H]1CC[C@](C)([C@@H]2C[C@H]3C=CO[C@H]3O2)[C@H]2C[C@@H]3C[C@]4(CO4)[C@]12[C@@H](OC(=O)C(C)C)O3. The number of rotatable bonds is 4. The third kappa shape index (κ3) is 2.93. The molecule has 7 rings (SSSR count). The predicted molar refractivity (Wildman–Crippen MR) is 113 cm³/mol. The molecule has 8 nitrogen and oxygen atoms in total. The molecule has 0 unspecified atom stereocenters. The van der Waals surface area contributed by atoms with E-state index < -0.39 is 23.4 Å². The van der Waals surface area contributed by atoms with Crippen LogP contribution < -0.4 is 0 Å². The van der Waals surface area contributed by atoms with E-state index in [9.17, 15) is 9.59 Å². The van der Waals surface area contributed by atoms with Crippen LogP contribution >= 0.6 is 0 Å². The van der Waals surface area contributed by atoms with Gasteiger partial charge in [-0.15, -0.1) is 0 Å². The van der Waals surface area contributed by atoms with Crippen molar-refractivity contribution in [1.29, 1.82) is 0 Å². The van der Waals surface area contributed by atoms with Gasteiger partial charge in [0.05, 0.1) is 31.0 Å². The highest BCUT2D eigenvalue weighted by Crippen LogP contribution is 2.73. The van der Waals surface area contributed by atoms with Crippen LogP contribution in [0.15, 0.2) is 12.3 Å². The van der Waals surface area contributed by atoms with E-state index in [1.807, 2.05) is 13.8 Å². The van der Waals surface area contributed by atoms with E-state index in [2.05, 4.69) is 13.0 Å². The van der Waals surface area contributed by atoms with Crippen molar-refractivity contribution in [3.63, 3.8) is 0 Å². The first-order valence-corrected chi connectivity index (χ1v) is 12.3. The first-order valence-electron chi connectivity index (χ1n) is 12.3. The zero-order chi connectivity index (χ0) is 23.2. The quantitative estimate of drug-likeness (QED) is 0.465. The third-order valence-corrected chi connectivity index (χ3v) is 9.31. The van der Waals surface area contributed by atoms with Gasteiger partial charge >= 0.3 is 11.9 Å². The van der Waals surface area contributed by atoms with Crippen LogP contribution in [0.5, 0.6) is 0 Å². The lowest BCUT2D eigenvalue weighted by molar-refractivity contribution is -0.370. The normalized spacial score (nSPS) is 51.2. The first-order chi connectivity index (χ1) is 15.7. The maximum absolute atomic E-state index is 12.8. The monoisotopic (exact) mass is 462 g/mol. The minimum Gasteiger partial charge on any atom is -0.472 e. The molecular weight excluding hydrogens is 428 g/mol. The van der Waals surface area contributed by atoms with E-state index in [4.69, 9.17) is 28.4 Å². The van der Waals surface area contributed by atoms with Gasteiger partial charge in [-0.3, -0.25) is 9.59 Å². The van der Waals surface area contributed by atoms with Crippen molar-refractivity contribution in [3.8, 4) is 0 Å². The lowest BCUT2D eigenvalue weighted by Gasteiger charge is -2.67. The Bertz CT molecular complexity index is 880. The molecule has 5 aliphatic heterocycles. The summed E-state index contributed by atoms with van der Waals surface area (Å²) in [6, 6.07) is 0. The van der Waals surface area contributed by atoms with Gasteiger partial charge in [-0.05, 0) is 43.1 Å². The predicted octanol–water partition coefficient (Wildman–Crippen LogP) is 3.08. The summed E-state index contributed by atoms with van der Waals surface area (Å²) in [6.45, 7) is 7.92. The zero-order valence-corrected chi connectivity index (χ0v) is 19.8. The molecule has 6 fully saturated rings. The van der Waals surface area contributed by atoms with Crippen molar-refractivity contribution in [2.75, 3.05) is 6.61 Å². The molecule has 0 N–H and O–H groups in total. The number of carbonyl (C=O) groups excluding carboxylic acids is 2. The Balaban J connectivity index is 1.43. The molecule has 2 aliphatic carbocycles. The number of esters is 2. The summed E-state index contributed by atoms with van der Waals surface area (Å²) in [5, 5.41) is 0. The Labute approximate surface area is 194 Å². The van der Waals surface area contributed by atoms with Crippen LogP contribution in [0.25, 0.3) is 0 Å².